The van der Waals surface area contributed by atoms with Gasteiger partial charge in [0.25, 0.3) is 0 Å². The quantitative estimate of drug-likeness (QED) is 0.683. The fourth-order valence-corrected chi connectivity index (χ4v) is 1.92. The number of alkyl halides is 3. The Hall–Kier alpha value is -1.55. The van der Waals surface area contributed by atoms with Gasteiger partial charge in [0.05, 0.1) is 5.56 Å². The number of hydrogen-bond donors (Lipinski definition) is 0. The number of aryl methyl sites for hydroxylation is 1. The second-order valence-corrected chi connectivity index (χ2v) is 4.29. The van der Waals surface area contributed by atoms with Crippen molar-refractivity contribution in [1.29, 1.82) is 0 Å². The Bertz CT molecular complexity index is 558. The van der Waals surface area contributed by atoms with E-state index in [0.717, 1.165) is 12.1 Å². The summed E-state index contributed by atoms with van der Waals surface area (Å²) in [6, 6.07) is 8.37. The first kappa shape index (κ1) is 12.9. The van der Waals surface area contributed by atoms with Gasteiger partial charge in [0, 0.05) is 5.69 Å². The van der Waals surface area contributed by atoms with E-state index in [0.29, 0.717) is 16.8 Å². The zero-order chi connectivity index (χ0) is 13.3. The largest absolute Gasteiger partial charge is 0.416 e. The van der Waals surface area contributed by atoms with Crippen LogP contribution in [0.3, 0.4) is 0 Å². The van der Waals surface area contributed by atoms with Gasteiger partial charge in [0.15, 0.2) is 0 Å². The third-order valence-electron chi connectivity index (χ3n) is 2.45. The summed E-state index contributed by atoms with van der Waals surface area (Å²) in [6.07, 6.45) is -4.35. The van der Waals surface area contributed by atoms with E-state index >= 15 is 0 Å². The highest BCUT2D eigenvalue weighted by molar-refractivity contribution is 6.29. The molecule has 18 heavy (non-hydrogen) atoms. The molecule has 0 bridgehead atoms. The lowest BCUT2D eigenvalue weighted by atomic mass is 10.0. The van der Waals surface area contributed by atoms with E-state index in [1.807, 2.05) is 0 Å². The highest BCUT2D eigenvalue weighted by atomic mass is 35.5. The average Bonchev–Trinajstić information content (AvgIpc) is 2.27. The number of rotatable bonds is 1. The summed E-state index contributed by atoms with van der Waals surface area (Å²) in [6.45, 7) is 1.74. The Morgan fingerprint density at radius 1 is 1.06 bits per heavy atom. The molecule has 1 heterocycles. The molecule has 2 aromatic rings. The van der Waals surface area contributed by atoms with Crippen molar-refractivity contribution in [3.63, 3.8) is 0 Å². The van der Waals surface area contributed by atoms with Crippen molar-refractivity contribution in [1.82, 2.24) is 4.98 Å². The normalized spacial score (nSPS) is 11.6. The Morgan fingerprint density at radius 3 is 2.39 bits per heavy atom. The maximum Gasteiger partial charge on any atom is 0.416 e. The summed E-state index contributed by atoms with van der Waals surface area (Å²) in [5.74, 6) is 0. The molecule has 1 aromatic heterocycles. The Balaban J connectivity index is 2.51. The molecule has 0 spiro atoms. The van der Waals surface area contributed by atoms with E-state index in [-0.39, 0.29) is 5.15 Å². The number of aromatic nitrogens is 1. The zero-order valence-electron chi connectivity index (χ0n) is 9.42. The van der Waals surface area contributed by atoms with Crippen molar-refractivity contribution >= 4 is 11.6 Å². The summed E-state index contributed by atoms with van der Waals surface area (Å²) in [4.78, 5) is 3.97. The van der Waals surface area contributed by atoms with Gasteiger partial charge < -0.3 is 0 Å². The van der Waals surface area contributed by atoms with Gasteiger partial charge in [-0.05, 0) is 42.3 Å². The number of pyridine rings is 1. The molecule has 0 unspecified atom stereocenters. The molecule has 0 saturated carbocycles. The molecule has 94 valence electrons. The van der Waals surface area contributed by atoms with Gasteiger partial charge >= 0.3 is 6.18 Å². The fraction of sp³-hybridized carbons (Fsp3) is 0.154. The molecule has 0 fully saturated rings. The highest BCUT2D eigenvalue weighted by Gasteiger charge is 2.30. The first-order valence-electron chi connectivity index (χ1n) is 5.18. The molecule has 0 N–H and O–H groups in total. The van der Waals surface area contributed by atoms with Gasteiger partial charge in [0.2, 0.25) is 0 Å². The third kappa shape index (κ3) is 2.82. The standard InChI is InChI=1S/C13H9ClF3N/c1-8-5-10(7-12(14)18-8)9-3-2-4-11(6-9)13(15,16)17/h2-7H,1H3. The molecule has 0 radical (unpaired) electrons. The van der Waals surface area contributed by atoms with Gasteiger partial charge in [-0.25, -0.2) is 4.98 Å². The number of nitrogens with zero attached hydrogens (tertiary/aromatic N) is 1. The van der Waals surface area contributed by atoms with Crippen LogP contribution in [0.2, 0.25) is 5.15 Å². The van der Waals surface area contributed by atoms with Crippen LogP contribution in [0.4, 0.5) is 13.2 Å². The van der Waals surface area contributed by atoms with E-state index in [1.165, 1.54) is 6.07 Å². The monoisotopic (exact) mass is 271 g/mol. The van der Waals surface area contributed by atoms with Crippen molar-refractivity contribution < 1.29 is 13.2 Å². The summed E-state index contributed by atoms with van der Waals surface area (Å²) in [7, 11) is 0. The summed E-state index contributed by atoms with van der Waals surface area (Å²) >= 11 is 5.80. The SMILES string of the molecule is Cc1cc(-c2cccc(C(F)(F)F)c2)cc(Cl)n1. The molecule has 1 nitrogen and oxygen atoms in total. The summed E-state index contributed by atoms with van der Waals surface area (Å²) in [5, 5.41) is 0.266. The van der Waals surface area contributed by atoms with E-state index in [4.69, 9.17) is 11.6 Å². The highest BCUT2D eigenvalue weighted by Crippen LogP contribution is 2.32. The van der Waals surface area contributed by atoms with Gasteiger partial charge in [-0.1, -0.05) is 23.7 Å². The molecule has 2 rings (SSSR count). The smallest absolute Gasteiger partial charge is 0.241 e. The number of hydrogen-bond acceptors (Lipinski definition) is 1. The van der Waals surface area contributed by atoms with E-state index in [9.17, 15) is 13.2 Å². The Morgan fingerprint density at radius 2 is 1.78 bits per heavy atom. The summed E-state index contributed by atoms with van der Waals surface area (Å²) < 4.78 is 37.8. The van der Waals surface area contributed by atoms with Crippen molar-refractivity contribution in [2.45, 2.75) is 13.1 Å². The van der Waals surface area contributed by atoms with Crippen molar-refractivity contribution in [3.8, 4) is 11.1 Å². The average molecular weight is 272 g/mol. The van der Waals surface area contributed by atoms with E-state index < -0.39 is 11.7 Å². The van der Waals surface area contributed by atoms with Crippen molar-refractivity contribution in [2.75, 3.05) is 0 Å². The lowest BCUT2D eigenvalue weighted by Gasteiger charge is -2.09. The molecule has 0 aliphatic heterocycles. The van der Waals surface area contributed by atoms with Crippen LogP contribution in [-0.2, 0) is 6.18 Å². The molecule has 0 aliphatic carbocycles. The van der Waals surface area contributed by atoms with Crippen molar-refractivity contribution in [2.24, 2.45) is 0 Å². The van der Waals surface area contributed by atoms with E-state index in [1.54, 1.807) is 25.1 Å². The van der Waals surface area contributed by atoms with Gasteiger partial charge in [0.1, 0.15) is 5.15 Å². The second kappa shape index (κ2) is 4.61. The van der Waals surface area contributed by atoms with Gasteiger partial charge in [-0.3, -0.25) is 0 Å². The lowest BCUT2D eigenvalue weighted by molar-refractivity contribution is -0.137. The van der Waals surface area contributed by atoms with Crippen LogP contribution in [0.5, 0.6) is 0 Å². The predicted molar refractivity (Wildman–Crippen MR) is 64.4 cm³/mol. The molecule has 1 aromatic carbocycles. The Labute approximate surface area is 107 Å². The minimum atomic E-state index is -4.35. The molecule has 0 saturated heterocycles. The minimum absolute atomic E-state index is 0.266. The topological polar surface area (TPSA) is 12.9 Å². The molecular formula is C13H9ClF3N. The molecule has 0 amide bonds. The second-order valence-electron chi connectivity index (χ2n) is 3.90. The first-order chi connectivity index (χ1) is 8.36. The van der Waals surface area contributed by atoms with Crippen LogP contribution in [0.25, 0.3) is 11.1 Å². The lowest BCUT2D eigenvalue weighted by Crippen LogP contribution is -2.04. The van der Waals surface area contributed by atoms with Crippen LogP contribution in [0, 0.1) is 6.92 Å². The molecule has 0 aliphatic rings. The van der Waals surface area contributed by atoms with Crippen LogP contribution >= 0.6 is 11.6 Å². The van der Waals surface area contributed by atoms with Crippen molar-refractivity contribution in [3.05, 3.63) is 52.8 Å². The maximum atomic E-state index is 12.6. The first-order valence-corrected chi connectivity index (χ1v) is 5.56. The van der Waals surface area contributed by atoms with E-state index in [2.05, 4.69) is 4.98 Å². The fourth-order valence-electron chi connectivity index (χ4n) is 1.67. The summed E-state index contributed by atoms with van der Waals surface area (Å²) in [5.41, 5.74) is 1.08. The number of halogens is 4. The third-order valence-corrected chi connectivity index (χ3v) is 2.64. The minimum Gasteiger partial charge on any atom is -0.241 e. The van der Waals surface area contributed by atoms with Crippen LogP contribution in [0.1, 0.15) is 11.3 Å². The molecule has 5 heteroatoms. The Kier molecular flexibility index (Phi) is 3.30. The predicted octanol–water partition coefficient (Wildman–Crippen LogP) is 4.73. The molecular weight excluding hydrogens is 263 g/mol. The maximum absolute atomic E-state index is 12.6. The van der Waals surface area contributed by atoms with Crippen LogP contribution in [-0.4, -0.2) is 4.98 Å². The van der Waals surface area contributed by atoms with Gasteiger partial charge in [-0.15, -0.1) is 0 Å². The van der Waals surface area contributed by atoms with Crippen LogP contribution in [0.15, 0.2) is 36.4 Å². The zero-order valence-corrected chi connectivity index (χ0v) is 10.2. The number of benzene rings is 1. The molecule has 0 atom stereocenters. The van der Waals surface area contributed by atoms with Gasteiger partial charge in [-0.2, -0.15) is 13.2 Å². The van der Waals surface area contributed by atoms with Crippen LogP contribution < -0.4 is 0 Å².